The minimum absolute atomic E-state index is 0.0260. The Morgan fingerprint density at radius 3 is 0.929 bits per heavy atom. The molecule has 0 heterocycles. The molecule has 0 spiro atoms. The highest BCUT2D eigenvalue weighted by molar-refractivity contribution is 6.05. The second-order valence-electron chi connectivity index (χ2n) is 9.43. The first kappa shape index (κ1) is 28.8. The summed E-state index contributed by atoms with van der Waals surface area (Å²) in [7, 11) is 2.79. The summed E-state index contributed by atoms with van der Waals surface area (Å²) in [5.74, 6) is 0.700. The van der Waals surface area contributed by atoms with Crippen molar-refractivity contribution in [1.29, 1.82) is 0 Å². The van der Waals surface area contributed by atoms with Gasteiger partial charge in [-0.3, -0.25) is 0 Å². The third-order valence-corrected chi connectivity index (χ3v) is 6.95. The molecule has 0 aliphatic rings. The molecule has 0 saturated heterocycles. The summed E-state index contributed by atoms with van der Waals surface area (Å²) in [6.07, 6.45) is -10.7. The van der Waals surface area contributed by atoms with Crippen molar-refractivity contribution < 1.29 is 35.8 Å². The van der Waals surface area contributed by atoms with Crippen molar-refractivity contribution in [3.8, 4) is 56.0 Å². The number of ether oxygens (including phenoxy) is 2. The second kappa shape index (κ2) is 11.3. The Labute approximate surface area is 238 Å². The molecule has 0 aliphatic carbocycles. The summed E-state index contributed by atoms with van der Waals surface area (Å²) >= 11 is 0. The maximum absolute atomic E-state index is 15.2. The summed E-state index contributed by atoms with van der Waals surface area (Å²) in [6.45, 7) is 0. The Bertz CT molecular complexity index is 1550. The number of hydrogen-bond donors (Lipinski definition) is 0. The van der Waals surface area contributed by atoms with Gasteiger partial charge in [0.2, 0.25) is 0 Å². The lowest BCUT2D eigenvalue weighted by Gasteiger charge is -2.29. The van der Waals surface area contributed by atoms with Crippen LogP contribution in [0.5, 0.6) is 11.5 Å². The van der Waals surface area contributed by atoms with Crippen molar-refractivity contribution in [2.75, 3.05) is 14.2 Å². The van der Waals surface area contributed by atoms with Crippen LogP contribution in [0.4, 0.5) is 26.3 Å². The third kappa shape index (κ3) is 5.44. The van der Waals surface area contributed by atoms with Gasteiger partial charge in [-0.2, -0.15) is 26.3 Å². The maximum Gasteiger partial charge on any atom is 0.417 e. The number of alkyl halides is 6. The fourth-order valence-corrected chi connectivity index (χ4v) is 5.20. The van der Waals surface area contributed by atoms with E-state index in [0.29, 0.717) is 22.6 Å². The molecule has 5 aromatic carbocycles. The molecule has 0 N–H and O–H groups in total. The fourth-order valence-electron chi connectivity index (χ4n) is 5.20. The number of rotatable bonds is 6. The van der Waals surface area contributed by atoms with Gasteiger partial charge in [0.25, 0.3) is 0 Å². The quantitative estimate of drug-likeness (QED) is 0.187. The van der Waals surface area contributed by atoms with Crippen LogP contribution < -0.4 is 9.47 Å². The molecular formula is C34H24F6O2. The summed E-state index contributed by atoms with van der Waals surface area (Å²) in [5.41, 5.74) is -4.02. The van der Waals surface area contributed by atoms with E-state index in [1.54, 1.807) is 60.7 Å². The van der Waals surface area contributed by atoms with E-state index < -0.39 is 34.6 Å². The molecule has 214 valence electrons. The van der Waals surface area contributed by atoms with Crippen molar-refractivity contribution >= 4 is 0 Å². The minimum Gasteiger partial charge on any atom is -0.497 e. The van der Waals surface area contributed by atoms with E-state index in [4.69, 9.17) is 9.47 Å². The highest BCUT2D eigenvalue weighted by atomic mass is 19.4. The van der Waals surface area contributed by atoms with Crippen LogP contribution in [0.2, 0.25) is 0 Å². The van der Waals surface area contributed by atoms with Crippen molar-refractivity contribution in [2.45, 2.75) is 12.4 Å². The van der Waals surface area contributed by atoms with E-state index in [1.807, 2.05) is 0 Å². The van der Waals surface area contributed by atoms with Crippen LogP contribution in [0.1, 0.15) is 11.1 Å². The minimum atomic E-state index is -5.37. The van der Waals surface area contributed by atoms with E-state index >= 15 is 26.3 Å². The normalized spacial score (nSPS) is 11.8. The second-order valence-corrected chi connectivity index (χ2v) is 9.43. The van der Waals surface area contributed by atoms with Crippen molar-refractivity contribution in [2.24, 2.45) is 0 Å². The third-order valence-electron chi connectivity index (χ3n) is 6.95. The van der Waals surface area contributed by atoms with E-state index in [0.717, 1.165) is 0 Å². The smallest absolute Gasteiger partial charge is 0.417 e. The molecule has 0 atom stereocenters. The van der Waals surface area contributed by atoms with Gasteiger partial charge in [0.15, 0.2) is 0 Å². The molecule has 0 radical (unpaired) electrons. The molecule has 8 heteroatoms. The standard InChI is InChI=1S/C34H24F6O2/c1-41-25-17-13-23(14-18-25)29-27(21-9-5-3-6-10-21)28(22-11-7-4-8-12-22)30(24-15-19-26(42-2)20-16-24)32(34(38,39)40)31(29)33(35,36)37/h3-20H,1-2H3. The van der Waals surface area contributed by atoms with Gasteiger partial charge in [-0.05, 0) is 57.6 Å². The first-order chi connectivity index (χ1) is 20.0. The molecule has 42 heavy (non-hydrogen) atoms. The Morgan fingerprint density at radius 1 is 0.381 bits per heavy atom. The monoisotopic (exact) mass is 578 g/mol. The van der Waals surface area contributed by atoms with E-state index in [-0.39, 0.29) is 22.3 Å². The van der Waals surface area contributed by atoms with Gasteiger partial charge in [-0.25, -0.2) is 0 Å². The van der Waals surface area contributed by atoms with E-state index in [1.165, 1.54) is 62.8 Å². The summed E-state index contributed by atoms with van der Waals surface area (Å²) in [5, 5.41) is 0. The topological polar surface area (TPSA) is 18.5 Å². The van der Waals surface area contributed by atoms with Crippen LogP contribution in [-0.2, 0) is 12.4 Å². The van der Waals surface area contributed by atoms with Gasteiger partial charge in [0.05, 0.1) is 25.3 Å². The highest BCUT2D eigenvalue weighted by Crippen LogP contribution is 2.57. The van der Waals surface area contributed by atoms with Crippen LogP contribution in [0.25, 0.3) is 44.5 Å². The molecule has 5 rings (SSSR count). The number of benzene rings is 5. The van der Waals surface area contributed by atoms with Gasteiger partial charge >= 0.3 is 12.4 Å². The summed E-state index contributed by atoms with van der Waals surface area (Å²) < 4.78 is 101. The average molecular weight is 579 g/mol. The lowest BCUT2D eigenvalue weighted by molar-refractivity contribution is -0.161. The zero-order valence-corrected chi connectivity index (χ0v) is 22.5. The highest BCUT2D eigenvalue weighted by Gasteiger charge is 2.49. The van der Waals surface area contributed by atoms with Crippen molar-refractivity contribution in [3.63, 3.8) is 0 Å². The molecule has 0 bridgehead atoms. The zero-order valence-electron chi connectivity index (χ0n) is 22.5. The van der Waals surface area contributed by atoms with Gasteiger partial charge in [0, 0.05) is 11.1 Å². The van der Waals surface area contributed by atoms with Crippen molar-refractivity contribution in [1.82, 2.24) is 0 Å². The SMILES string of the molecule is COc1ccc(-c2c(-c3ccccc3)c(-c3ccccc3)c(-c3ccc(OC)cc3)c(C(F)(F)F)c2C(F)(F)F)cc1. The molecule has 5 aromatic rings. The molecule has 0 aliphatic heterocycles. The molecular weight excluding hydrogens is 554 g/mol. The van der Waals surface area contributed by atoms with Crippen LogP contribution in [0.15, 0.2) is 109 Å². The Balaban J connectivity index is 2.12. The van der Waals surface area contributed by atoms with Gasteiger partial charge < -0.3 is 9.47 Å². The summed E-state index contributed by atoms with van der Waals surface area (Å²) in [4.78, 5) is 0. The zero-order chi connectivity index (χ0) is 30.1. The predicted octanol–water partition coefficient (Wildman–Crippen LogP) is 10.4. The largest absolute Gasteiger partial charge is 0.497 e. The molecule has 0 aromatic heterocycles. The van der Waals surface area contributed by atoms with Gasteiger partial charge in [0.1, 0.15) is 11.5 Å². The molecule has 0 unspecified atom stereocenters. The summed E-state index contributed by atoms with van der Waals surface area (Å²) in [6, 6.07) is 27.4. The number of hydrogen-bond acceptors (Lipinski definition) is 2. The van der Waals surface area contributed by atoms with Gasteiger partial charge in [-0.15, -0.1) is 0 Å². The Hall–Kier alpha value is -4.72. The van der Waals surface area contributed by atoms with Gasteiger partial charge in [-0.1, -0.05) is 84.9 Å². The van der Waals surface area contributed by atoms with Crippen LogP contribution in [-0.4, -0.2) is 14.2 Å². The first-order valence-electron chi connectivity index (χ1n) is 12.8. The van der Waals surface area contributed by atoms with Crippen LogP contribution >= 0.6 is 0 Å². The Kier molecular flexibility index (Phi) is 7.73. The molecule has 2 nitrogen and oxygen atoms in total. The van der Waals surface area contributed by atoms with Crippen LogP contribution in [0, 0.1) is 0 Å². The lowest BCUT2D eigenvalue weighted by atomic mass is 9.76. The molecule has 0 saturated carbocycles. The molecule has 0 amide bonds. The molecule has 0 fully saturated rings. The fraction of sp³-hybridized carbons (Fsp3) is 0.118. The van der Waals surface area contributed by atoms with E-state index in [9.17, 15) is 0 Å². The Morgan fingerprint density at radius 2 is 0.667 bits per heavy atom. The predicted molar refractivity (Wildman–Crippen MR) is 151 cm³/mol. The van der Waals surface area contributed by atoms with Crippen LogP contribution in [0.3, 0.4) is 0 Å². The number of halogens is 6. The lowest BCUT2D eigenvalue weighted by Crippen LogP contribution is -2.21. The number of methoxy groups -OCH3 is 2. The maximum atomic E-state index is 15.2. The van der Waals surface area contributed by atoms with E-state index in [2.05, 4.69) is 0 Å². The van der Waals surface area contributed by atoms with Crippen molar-refractivity contribution in [3.05, 3.63) is 120 Å². The average Bonchev–Trinajstić information content (AvgIpc) is 2.99. The first-order valence-corrected chi connectivity index (χ1v) is 12.8.